The summed E-state index contributed by atoms with van der Waals surface area (Å²) >= 11 is 2.27. The molecule has 0 spiro atoms. The van der Waals surface area contributed by atoms with Gasteiger partial charge >= 0.3 is 0 Å². The maximum atomic E-state index is 3.85. The van der Waals surface area contributed by atoms with Crippen LogP contribution in [0.4, 0.5) is 0 Å². The first-order chi connectivity index (χ1) is 2.89. The number of rotatable bonds is 0. The highest BCUT2D eigenvalue weighted by atomic mass is 127. The Bertz CT molecular complexity index is 71.2. The zero-order valence-corrected chi connectivity index (χ0v) is 5.42. The molecule has 0 aromatic heterocycles. The van der Waals surface area contributed by atoms with Crippen LogP contribution in [-0.4, -0.2) is 10.6 Å². The molecule has 0 saturated heterocycles. The molecule has 2 nitrogen and oxygen atoms in total. The molecule has 0 fully saturated rings. The average molecular weight is 196 g/mol. The van der Waals surface area contributed by atoms with Gasteiger partial charge in [0.25, 0.3) is 0 Å². The molecule has 1 atom stereocenters. The fourth-order valence-electron chi connectivity index (χ4n) is 0.368. The maximum absolute atomic E-state index is 3.85. The second-order valence-corrected chi connectivity index (χ2v) is 2.64. The summed E-state index contributed by atoms with van der Waals surface area (Å²) in [6.07, 6.45) is 1.14. The number of azo groups is 1. The molecule has 1 rings (SSSR count). The van der Waals surface area contributed by atoms with Crippen molar-refractivity contribution in [2.24, 2.45) is 10.2 Å². The lowest BCUT2D eigenvalue weighted by Gasteiger charge is -1.82. The highest BCUT2D eigenvalue weighted by molar-refractivity contribution is 14.1. The monoisotopic (exact) mass is 196 g/mol. The summed E-state index contributed by atoms with van der Waals surface area (Å²) in [4.78, 5) is 0. The zero-order valence-electron chi connectivity index (χ0n) is 3.26. The minimum Gasteiger partial charge on any atom is -0.193 e. The topological polar surface area (TPSA) is 24.7 Å². The summed E-state index contributed by atoms with van der Waals surface area (Å²) in [6.45, 7) is 0.938. The van der Waals surface area contributed by atoms with E-state index in [1.807, 2.05) is 0 Å². The van der Waals surface area contributed by atoms with E-state index < -0.39 is 0 Å². The van der Waals surface area contributed by atoms with Crippen LogP contribution in [0.25, 0.3) is 0 Å². The third-order valence-electron chi connectivity index (χ3n) is 0.674. The predicted octanol–water partition coefficient (Wildman–Crippen LogP) is 1.60. The van der Waals surface area contributed by atoms with Gasteiger partial charge in [0.05, 0.1) is 6.54 Å². The van der Waals surface area contributed by atoms with E-state index in [-0.39, 0.29) is 0 Å². The van der Waals surface area contributed by atoms with Crippen LogP contribution >= 0.6 is 22.6 Å². The highest BCUT2D eigenvalue weighted by Crippen LogP contribution is 2.13. The van der Waals surface area contributed by atoms with E-state index >= 15 is 0 Å². The smallest absolute Gasteiger partial charge is 0.124 e. The summed E-state index contributed by atoms with van der Waals surface area (Å²) in [6, 6.07) is 0. The lowest BCUT2D eigenvalue weighted by molar-refractivity contribution is 0.952. The molecule has 34 valence electrons. The Labute approximate surface area is 50.2 Å². The third kappa shape index (κ3) is 0.894. The molecule has 0 N–H and O–H groups in total. The Balaban J connectivity index is 2.38. The van der Waals surface area contributed by atoms with Gasteiger partial charge in [-0.05, 0) is 0 Å². The Morgan fingerprint density at radius 2 is 2.50 bits per heavy atom. The number of nitrogens with zero attached hydrogens (tertiary/aromatic N) is 2. The molecular formula is C3H5IN2. The van der Waals surface area contributed by atoms with Crippen LogP contribution in [0.3, 0.4) is 0 Å². The fourth-order valence-corrected chi connectivity index (χ4v) is 0.823. The fraction of sp³-hybridized carbons (Fsp3) is 1.00. The molecule has 3 heteroatoms. The molecule has 0 saturated carbocycles. The summed E-state index contributed by atoms with van der Waals surface area (Å²) in [5.74, 6) is 0. The summed E-state index contributed by atoms with van der Waals surface area (Å²) in [7, 11) is 0. The van der Waals surface area contributed by atoms with Crippen molar-refractivity contribution in [2.45, 2.75) is 10.5 Å². The van der Waals surface area contributed by atoms with E-state index in [9.17, 15) is 0 Å². The Morgan fingerprint density at radius 3 is 2.67 bits per heavy atom. The van der Waals surface area contributed by atoms with Gasteiger partial charge in [0, 0.05) is 6.42 Å². The minimum absolute atomic E-state index is 0.475. The largest absolute Gasteiger partial charge is 0.193 e. The molecule has 1 aliphatic heterocycles. The Kier molecular flexibility index (Phi) is 1.39. The first-order valence-corrected chi connectivity index (χ1v) is 3.15. The normalized spacial score (nSPS) is 31.8. The molecular weight excluding hydrogens is 191 g/mol. The van der Waals surface area contributed by atoms with Gasteiger partial charge in [0.2, 0.25) is 0 Å². The standard InChI is InChI=1S/C3H5IN2/c4-3-1-2-5-6-3/h3H,1-2H2. The van der Waals surface area contributed by atoms with Crippen molar-refractivity contribution in [3.05, 3.63) is 0 Å². The SMILES string of the molecule is IC1CCN=N1. The minimum atomic E-state index is 0.475. The van der Waals surface area contributed by atoms with Crippen molar-refractivity contribution in [3.8, 4) is 0 Å². The lowest BCUT2D eigenvalue weighted by Crippen LogP contribution is -1.82. The van der Waals surface area contributed by atoms with Gasteiger partial charge in [-0.2, -0.15) is 10.2 Å². The summed E-state index contributed by atoms with van der Waals surface area (Å²) in [5, 5.41) is 7.63. The summed E-state index contributed by atoms with van der Waals surface area (Å²) in [5.41, 5.74) is 0. The van der Waals surface area contributed by atoms with Crippen LogP contribution in [0.15, 0.2) is 10.2 Å². The van der Waals surface area contributed by atoms with E-state index in [2.05, 4.69) is 32.8 Å². The third-order valence-corrected chi connectivity index (χ3v) is 1.55. The Hall–Kier alpha value is 0.330. The molecule has 0 bridgehead atoms. The van der Waals surface area contributed by atoms with Crippen molar-refractivity contribution in [3.63, 3.8) is 0 Å². The number of halogens is 1. The molecule has 1 unspecified atom stereocenters. The second-order valence-electron chi connectivity index (χ2n) is 1.20. The first kappa shape index (κ1) is 4.49. The number of alkyl halides is 1. The van der Waals surface area contributed by atoms with Crippen LogP contribution in [0.5, 0.6) is 0 Å². The molecule has 0 amide bonds. The average Bonchev–Trinajstić information content (AvgIpc) is 1.86. The molecule has 0 radical (unpaired) electrons. The van der Waals surface area contributed by atoms with E-state index in [1.54, 1.807) is 0 Å². The van der Waals surface area contributed by atoms with E-state index in [0.717, 1.165) is 13.0 Å². The first-order valence-electron chi connectivity index (χ1n) is 1.90. The molecule has 1 heterocycles. The van der Waals surface area contributed by atoms with Gasteiger partial charge in [-0.25, -0.2) is 0 Å². The Morgan fingerprint density at radius 1 is 1.67 bits per heavy atom. The van der Waals surface area contributed by atoms with Gasteiger partial charge in [-0.3, -0.25) is 0 Å². The molecule has 0 aliphatic carbocycles. The number of hydrogen-bond donors (Lipinski definition) is 0. The van der Waals surface area contributed by atoms with Crippen LogP contribution in [0, 0.1) is 0 Å². The van der Waals surface area contributed by atoms with Crippen LogP contribution < -0.4 is 0 Å². The van der Waals surface area contributed by atoms with Crippen molar-refractivity contribution in [1.82, 2.24) is 0 Å². The zero-order chi connectivity index (χ0) is 4.41. The van der Waals surface area contributed by atoms with E-state index in [0.29, 0.717) is 4.05 Å². The maximum Gasteiger partial charge on any atom is 0.124 e. The molecule has 0 aromatic rings. The van der Waals surface area contributed by atoms with Crippen LogP contribution in [0.2, 0.25) is 0 Å². The van der Waals surface area contributed by atoms with Gasteiger partial charge in [-0.1, -0.05) is 22.6 Å². The second kappa shape index (κ2) is 1.86. The van der Waals surface area contributed by atoms with Gasteiger partial charge < -0.3 is 0 Å². The van der Waals surface area contributed by atoms with Gasteiger partial charge in [0.15, 0.2) is 0 Å². The lowest BCUT2D eigenvalue weighted by atomic mass is 10.5. The van der Waals surface area contributed by atoms with Crippen molar-refractivity contribution in [1.29, 1.82) is 0 Å². The predicted molar refractivity (Wildman–Crippen MR) is 32.1 cm³/mol. The molecule has 6 heavy (non-hydrogen) atoms. The van der Waals surface area contributed by atoms with Gasteiger partial charge in [0.1, 0.15) is 4.05 Å². The van der Waals surface area contributed by atoms with Crippen molar-refractivity contribution < 1.29 is 0 Å². The van der Waals surface area contributed by atoms with Crippen molar-refractivity contribution >= 4 is 22.6 Å². The summed E-state index contributed by atoms with van der Waals surface area (Å²) < 4.78 is 0.475. The quantitative estimate of drug-likeness (QED) is 0.319. The molecule has 1 aliphatic rings. The van der Waals surface area contributed by atoms with Crippen LogP contribution in [-0.2, 0) is 0 Å². The molecule has 0 aromatic carbocycles. The number of hydrogen-bond acceptors (Lipinski definition) is 2. The van der Waals surface area contributed by atoms with E-state index in [1.165, 1.54) is 0 Å². The highest BCUT2D eigenvalue weighted by Gasteiger charge is 2.04. The van der Waals surface area contributed by atoms with Crippen LogP contribution in [0.1, 0.15) is 6.42 Å². The van der Waals surface area contributed by atoms with E-state index in [4.69, 9.17) is 0 Å². The van der Waals surface area contributed by atoms with Gasteiger partial charge in [-0.15, -0.1) is 0 Å². The van der Waals surface area contributed by atoms with Crippen molar-refractivity contribution in [2.75, 3.05) is 6.54 Å².